The van der Waals surface area contributed by atoms with Crippen molar-refractivity contribution in [2.24, 2.45) is 11.8 Å². The number of amides is 3. The van der Waals surface area contributed by atoms with E-state index in [0.29, 0.717) is 51.6 Å². The van der Waals surface area contributed by atoms with Gasteiger partial charge in [-0.05, 0) is 56.9 Å². The van der Waals surface area contributed by atoms with Crippen LogP contribution in [0.15, 0.2) is 55.6 Å². The first-order chi connectivity index (χ1) is 22.9. The minimum absolute atomic E-state index is 0.0632. The molecule has 1 aromatic carbocycles. The number of aliphatic hydroxyl groups excluding tert-OH is 1. The fourth-order valence-electron chi connectivity index (χ4n) is 8.26. The smallest absolute Gasteiger partial charge is 0.313 e. The molecule has 5 rings (SSSR count). The summed E-state index contributed by atoms with van der Waals surface area (Å²) in [6.45, 7) is 8.48. The maximum absolute atomic E-state index is 14.7. The van der Waals surface area contributed by atoms with Gasteiger partial charge in [0.15, 0.2) is 0 Å². The van der Waals surface area contributed by atoms with E-state index < -0.39 is 41.7 Å². The first-order valence-corrected chi connectivity index (χ1v) is 17.5. The van der Waals surface area contributed by atoms with Crippen molar-refractivity contribution in [3.8, 4) is 0 Å². The Balaban J connectivity index is 1.41. The van der Waals surface area contributed by atoms with E-state index in [4.69, 9.17) is 9.47 Å². The Kier molecular flexibility index (Phi) is 11.9. The van der Waals surface area contributed by atoms with Crippen LogP contribution in [-0.4, -0.2) is 88.6 Å². The number of aliphatic hydroxyl groups is 1. The van der Waals surface area contributed by atoms with Gasteiger partial charge in [-0.15, -0.1) is 13.2 Å². The Hall–Kier alpha value is -3.50. The van der Waals surface area contributed by atoms with E-state index in [9.17, 15) is 24.3 Å². The summed E-state index contributed by atoms with van der Waals surface area (Å²) in [7, 11) is 0. The lowest BCUT2D eigenvalue weighted by molar-refractivity contribution is -0.160. The zero-order valence-corrected chi connectivity index (χ0v) is 27.5. The normalized spacial score (nSPS) is 27.3. The summed E-state index contributed by atoms with van der Waals surface area (Å²) in [6.07, 6.45) is 11.0. The van der Waals surface area contributed by atoms with Crippen molar-refractivity contribution in [2.75, 3.05) is 26.2 Å². The number of rotatable bonds is 17. The molecule has 4 aliphatic rings. The number of hydrogen-bond acceptors (Lipinski definition) is 7. The van der Waals surface area contributed by atoms with Crippen molar-refractivity contribution in [1.29, 1.82) is 0 Å². The fraction of sp³-hybridized carbons (Fsp3) is 0.622. The van der Waals surface area contributed by atoms with Gasteiger partial charge in [-0.25, -0.2) is 0 Å². The molecule has 256 valence electrons. The van der Waals surface area contributed by atoms with Crippen molar-refractivity contribution in [1.82, 2.24) is 15.1 Å². The van der Waals surface area contributed by atoms with Crippen LogP contribution in [0.2, 0.25) is 0 Å². The van der Waals surface area contributed by atoms with Crippen molar-refractivity contribution in [3.05, 3.63) is 61.2 Å². The van der Waals surface area contributed by atoms with Crippen LogP contribution in [0.3, 0.4) is 0 Å². The third-order valence-corrected chi connectivity index (χ3v) is 10.5. The van der Waals surface area contributed by atoms with Crippen LogP contribution in [0.5, 0.6) is 0 Å². The van der Waals surface area contributed by atoms with Crippen LogP contribution < -0.4 is 5.32 Å². The van der Waals surface area contributed by atoms with Gasteiger partial charge in [0.1, 0.15) is 17.7 Å². The molecule has 0 aromatic heterocycles. The lowest BCUT2D eigenvalue weighted by Gasteiger charge is -2.40. The molecule has 1 aromatic rings. The molecule has 1 spiro atoms. The highest BCUT2D eigenvalue weighted by Gasteiger charge is 2.75. The molecule has 2 bridgehead atoms. The average Bonchev–Trinajstić information content (AvgIpc) is 3.74. The minimum Gasteiger partial charge on any atom is -0.455 e. The molecule has 3 aliphatic heterocycles. The number of esters is 1. The zero-order valence-electron chi connectivity index (χ0n) is 27.5. The molecule has 4 fully saturated rings. The Morgan fingerprint density at radius 1 is 1.09 bits per heavy atom. The largest absolute Gasteiger partial charge is 0.455 e. The van der Waals surface area contributed by atoms with Crippen LogP contribution >= 0.6 is 0 Å². The van der Waals surface area contributed by atoms with E-state index in [1.165, 1.54) is 0 Å². The van der Waals surface area contributed by atoms with Gasteiger partial charge in [-0.1, -0.05) is 61.7 Å². The number of nitrogens with zero attached hydrogens (tertiary/aromatic N) is 2. The summed E-state index contributed by atoms with van der Waals surface area (Å²) < 4.78 is 12.8. The van der Waals surface area contributed by atoms with Crippen LogP contribution in [0.1, 0.15) is 88.7 Å². The highest BCUT2D eigenvalue weighted by atomic mass is 16.6. The predicted octanol–water partition coefficient (Wildman–Crippen LogP) is 4.24. The van der Waals surface area contributed by atoms with E-state index in [1.54, 1.807) is 17.1 Å². The zero-order chi connectivity index (χ0) is 33.4. The first-order valence-electron chi connectivity index (χ1n) is 17.5. The second-order valence-electron chi connectivity index (χ2n) is 13.4. The molecular formula is C37H51N3O7. The van der Waals surface area contributed by atoms with E-state index in [0.717, 1.165) is 37.7 Å². The van der Waals surface area contributed by atoms with Gasteiger partial charge in [0.25, 0.3) is 0 Å². The Morgan fingerprint density at radius 2 is 1.85 bits per heavy atom. The van der Waals surface area contributed by atoms with Crippen molar-refractivity contribution >= 4 is 23.7 Å². The molecule has 3 amide bonds. The first kappa shape index (κ1) is 34.8. The lowest BCUT2D eigenvalue weighted by atomic mass is 9.70. The number of likely N-dealkylation sites (tertiary alicyclic amines) is 1. The quantitative estimate of drug-likeness (QED) is 0.147. The molecule has 10 heteroatoms. The number of ether oxygens (including phenoxy) is 2. The average molecular weight is 650 g/mol. The number of hydrogen-bond donors (Lipinski definition) is 2. The summed E-state index contributed by atoms with van der Waals surface area (Å²) in [5, 5.41) is 12.2. The van der Waals surface area contributed by atoms with Gasteiger partial charge in [0.2, 0.25) is 17.7 Å². The Bertz CT molecular complexity index is 1280. The molecular weight excluding hydrogens is 598 g/mol. The minimum atomic E-state index is -1.12. The Labute approximate surface area is 278 Å². The molecule has 3 heterocycles. The Morgan fingerprint density at radius 3 is 2.55 bits per heavy atom. The predicted molar refractivity (Wildman–Crippen MR) is 177 cm³/mol. The molecule has 6 atom stereocenters. The maximum atomic E-state index is 14.7. The number of unbranched alkanes of at least 4 members (excludes halogenated alkanes) is 2. The second kappa shape index (κ2) is 16.1. The number of allylic oxidation sites excluding steroid dienone is 1. The molecule has 0 radical (unpaired) electrons. The van der Waals surface area contributed by atoms with E-state index >= 15 is 0 Å². The van der Waals surface area contributed by atoms with Gasteiger partial charge in [-0.2, -0.15) is 0 Å². The molecule has 1 aliphatic carbocycles. The van der Waals surface area contributed by atoms with E-state index in [-0.39, 0.29) is 43.3 Å². The SMILES string of the molecule is C=CCCC(=O)NC[C@@H](OC(=O)[C@@H]1[C@H]2C(=O)N(CCCCCO)[C@H](C(=O)N(CC=C)C3CCCCC3)[C@]23CC[C@H]1O3)c1ccccc1. The van der Waals surface area contributed by atoms with Crippen molar-refractivity contribution < 1.29 is 33.8 Å². The van der Waals surface area contributed by atoms with Crippen molar-refractivity contribution in [2.45, 2.75) is 107 Å². The van der Waals surface area contributed by atoms with Crippen LogP contribution in [0.25, 0.3) is 0 Å². The summed E-state index contributed by atoms with van der Waals surface area (Å²) in [5.41, 5.74) is -0.387. The topological polar surface area (TPSA) is 125 Å². The molecule has 3 saturated heterocycles. The van der Waals surface area contributed by atoms with Crippen LogP contribution in [-0.2, 0) is 28.7 Å². The van der Waals surface area contributed by atoms with E-state index in [2.05, 4.69) is 18.5 Å². The van der Waals surface area contributed by atoms with Crippen molar-refractivity contribution in [3.63, 3.8) is 0 Å². The summed E-state index contributed by atoms with van der Waals surface area (Å²) >= 11 is 0. The monoisotopic (exact) mass is 649 g/mol. The second-order valence-corrected chi connectivity index (χ2v) is 13.4. The highest BCUT2D eigenvalue weighted by Crippen LogP contribution is 2.59. The van der Waals surface area contributed by atoms with Gasteiger partial charge in [0.05, 0.1) is 24.5 Å². The van der Waals surface area contributed by atoms with Gasteiger partial charge >= 0.3 is 5.97 Å². The maximum Gasteiger partial charge on any atom is 0.313 e. The fourth-order valence-corrected chi connectivity index (χ4v) is 8.26. The summed E-state index contributed by atoms with van der Waals surface area (Å²) in [5.74, 6) is -2.79. The molecule has 10 nitrogen and oxygen atoms in total. The summed E-state index contributed by atoms with van der Waals surface area (Å²) in [6, 6.07) is 8.48. The summed E-state index contributed by atoms with van der Waals surface area (Å²) in [4.78, 5) is 59.2. The number of fused-ring (bicyclic) bond motifs is 1. The molecule has 47 heavy (non-hydrogen) atoms. The highest BCUT2D eigenvalue weighted by molar-refractivity contribution is 5.98. The third kappa shape index (κ3) is 7.33. The van der Waals surface area contributed by atoms with Gasteiger partial charge < -0.3 is 29.7 Å². The van der Waals surface area contributed by atoms with E-state index in [1.807, 2.05) is 35.2 Å². The van der Waals surface area contributed by atoms with Crippen LogP contribution in [0, 0.1) is 11.8 Å². The van der Waals surface area contributed by atoms with Gasteiger partial charge in [-0.3, -0.25) is 19.2 Å². The number of carbonyl (C=O) groups excluding carboxylic acids is 4. The molecule has 2 N–H and O–H groups in total. The van der Waals surface area contributed by atoms with Gasteiger partial charge in [0, 0.05) is 32.2 Å². The standard InChI is InChI=1S/C37H51N3O7/c1-3-5-19-30(42)38-25-29(26-15-9-6-10-16-26)46-36(45)31-28-20-21-37(47-28)32(31)34(43)40(23-13-8-14-24-41)33(37)35(44)39(22-4-2)27-17-11-7-12-18-27/h3-4,6,9-10,15-16,27-29,31-33,41H,1-2,5,7-8,11-14,17-25H2,(H,38,42)/t28-,29-,31+,32+,33-,37+/m1/s1. The number of nitrogens with one attached hydrogen (secondary N) is 1. The molecule has 1 saturated carbocycles. The third-order valence-electron chi connectivity index (χ3n) is 10.5. The van der Waals surface area contributed by atoms with Crippen LogP contribution in [0.4, 0.5) is 0 Å². The number of benzene rings is 1. The lowest BCUT2D eigenvalue weighted by Crippen LogP contribution is -2.58. The number of carbonyl (C=O) groups is 4. The molecule has 0 unspecified atom stereocenters.